The summed E-state index contributed by atoms with van der Waals surface area (Å²) in [5, 5.41) is 2.95. The van der Waals surface area contributed by atoms with Gasteiger partial charge in [0, 0.05) is 12.6 Å². The smallest absolute Gasteiger partial charge is 0.154 e. The van der Waals surface area contributed by atoms with E-state index in [-0.39, 0.29) is 16.9 Å². The van der Waals surface area contributed by atoms with Gasteiger partial charge in [0.25, 0.3) is 0 Å². The molecule has 0 aliphatic rings. The van der Waals surface area contributed by atoms with Crippen molar-refractivity contribution < 1.29 is 8.42 Å². The summed E-state index contributed by atoms with van der Waals surface area (Å²) in [5.74, 6) is 0.497. The maximum absolute atomic E-state index is 11.8. The molecule has 2 atom stereocenters. The van der Waals surface area contributed by atoms with Crippen LogP contribution >= 0.6 is 0 Å². The number of rotatable bonds is 7. The second-order valence-corrected chi connectivity index (χ2v) is 7.22. The molecular weight excluding hydrogens is 210 g/mol. The number of nitrogens with one attached hydrogen (secondary N) is 1. The van der Waals surface area contributed by atoms with Crippen LogP contribution in [0.2, 0.25) is 0 Å². The predicted molar refractivity (Wildman–Crippen MR) is 65.8 cm³/mol. The fourth-order valence-electron chi connectivity index (χ4n) is 1.27. The van der Waals surface area contributed by atoms with Gasteiger partial charge in [-0.1, -0.05) is 20.8 Å². The van der Waals surface area contributed by atoms with E-state index in [0.717, 1.165) is 6.42 Å². The van der Waals surface area contributed by atoms with E-state index in [0.29, 0.717) is 12.6 Å². The zero-order valence-electron chi connectivity index (χ0n) is 10.6. The van der Waals surface area contributed by atoms with Crippen LogP contribution in [0.3, 0.4) is 0 Å². The first-order chi connectivity index (χ1) is 6.79. The minimum Gasteiger partial charge on any atom is -0.313 e. The van der Waals surface area contributed by atoms with Gasteiger partial charge >= 0.3 is 0 Å². The summed E-state index contributed by atoms with van der Waals surface area (Å²) >= 11 is 0. The quantitative estimate of drug-likeness (QED) is 0.732. The van der Waals surface area contributed by atoms with Gasteiger partial charge in [-0.15, -0.1) is 0 Å². The van der Waals surface area contributed by atoms with E-state index in [1.54, 1.807) is 6.92 Å². The third-order valence-electron chi connectivity index (χ3n) is 2.54. The molecule has 0 aromatic heterocycles. The Balaban J connectivity index is 4.14. The van der Waals surface area contributed by atoms with Crippen LogP contribution in [0.1, 0.15) is 41.0 Å². The van der Waals surface area contributed by atoms with E-state index in [1.807, 2.05) is 13.8 Å². The maximum Gasteiger partial charge on any atom is 0.154 e. The summed E-state index contributed by atoms with van der Waals surface area (Å²) in [6.07, 6.45) is 1.02. The van der Waals surface area contributed by atoms with E-state index in [4.69, 9.17) is 0 Å². The molecule has 0 spiro atoms. The fourth-order valence-corrected chi connectivity index (χ4v) is 2.88. The van der Waals surface area contributed by atoms with E-state index in [9.17, 15) is 8.42 Å². The van der Waals surface area contributed by atoms with Gasteiger partial charge in [-0.2, -0.15) is 0 Å². The molecule has 4 heteroatoms. The number of hydrogen-bond donors (Lipinski definition) is 1. The maximum atomic E-state index is 11.8. The third kappa shape index (κ3) is 6.15. The summed E-state index contributed by atoms with van der Waals surface area (Å²) < 4.78 is 23.6. The summed E-state index contributed by atoms with van der Waals surface area (Å²) in [4.78, 5) is 0. The molecule has 0 rings (SSSR count). The van der Waals surface area contributed by atoms with Crippen LogP contribution in [0.5, 0.6) is 0 Å². The van der Waals surface area contributed by atoms with E-state index < -0.39 is 9.84 Å². The van der Waals surface area contributed by atoms with Crippen molar-refractivity contribution in [3.05, 3.63) is 0 Å². The van der Waals surface area contributed by atoms with Crippen molar-refractivity contribution in [3.63, 3.8) is 0 Å². The van der Waals surface area contributed by atoms with E-state index in [2.05, 4.69) is 19.2 Å². The summed E-state index contributed by atoms with van der Waals surface area (Å²) in [6, 6.07) is 0.390. The monoisotopic (exact) mass is 235 g/mol. The Morgan fingerprint density at radius 1 is 1.13 bits per heavy atom. The molecule has 0 aliphatic carbocycles. The van der Waals surface area contributed by atoms with Gasteiger partial charge in [0.05, 0.1) is 11.0 Å². The Kier molecular flexibility index (Phi) is 6.44. The van der Waals surface area contributed by atoms with E-state index in [1.165, 1.54) is 0 Å². The first kappa shape index (κ1) is 14.9. The Labute approximate surface area is 94.6 Å². The largest absolute Gasteiger partial charge is 0.313 e. The molecule has 1 N–H and O–H groups in total. The average molecular weight is 235 g/mol. The highest BCUT2D eigenvalue weighted by molar-refractivity contribution is 7.92. The number of sulfone groups is 1. The molecule has 92 valence electrons. The molecule has 3 nitrogen and oxygen atoms in total. The summed E-state index contributed by atoms with van der Waals surface area (Å²) in [6.45, 7) is 10.4. The normalized spacial score (nSPS) is 16.7. The summed E-state index contributed by atoms with van der Waals surface area (Å²) in [7, 11) is -2.93. The van der Waals surface area contributed by atoms with Gasteiger partial charge in [0.1, 0.15) is 0 Å². The standard InChI is InChI=1S/C11H25NO2S/c1-6-10(4)12-7-11(5)15(13,14)8-9(2)3/h9-12H,6-8H2,1-5H3. The molecule has 2 unspecified atom stereocenters. The Bertz CT molecular complexity index is 260. The van der Waals surface area contributed by atoms with Gasteiger partial charge in [0.15, 0.2) is 9.84 Å². The molecule has 0 fully saturated rings. The minimum atomic E-state index is -2.93. The first-order valence-corrected chi connectivity index (χ1v) is 7.46. The predicted octanol–water partition coefficient (Wildman–Crippen LogP) is 1.83. The van der Waals surface area contributed by atoms with Gasteiger partial charge < -0.3 is 5.32 Å². The molecule has 0 aromatic rings. The highest BCUT2D eigenvalue weighted by Gasteiger charge is 2.21. The van der Waals surface area contributed by atoms with Crippen molar-refractivity contribution in [1.82, 2.24) is 5.32 Å². The Morgan fingerprint density at radius 2 is 1.67 bits per heavy atom. The highest BCUT2D eigenvalue weighted by atomic mass is 32.2. The fraction of sp³-hybridized carbons (Fsp3) is 1.00. The highest BCUT2D eigenvalue weighted by Crippen LogP contribution is 2.07. The molecule has 0 amide bonds. The van der Waals surface area contributed by atoms with Gasteiger partial charge in [-0.05, 0) is 26.2 Å². The van der Waals surface area contributed by atoms with Gasteiger partial charge in [-0.3, -0.25) is 0 Å². The van der Waals surface area contributed by atoms with Gasteiger partial charge in [0.2, 0.25) is 0 Å². The first-order valence-electron chi connectivity index (χ1n) is 5.74. The zero-order valence-corrected chi connectivity index (χ0v) is 11.4. The molecule has 0 aliphatic heterocycles. The van der Waals surface area contributed by atoms with Crippen LogP contribution < -0.4 is 5.32 Å². The van der Waals surface area contributed by atoms with Crippen molar-refractivity contribution in [2.75, 3.05) is 12.3 Å². The molecular formula is C11H25NO2S. The van der Waals surface area contributed by atoms with Crippen LogP contribution in [0.4, 0.5) is 0 Å². The molecule has 0 aromatic carbocycles. The van der Waals surface area contributed by atoms with Crippen molar-refractivity contribution in [2.24, 2.45) is 5.92 Å². The van der Waals surface area contributed by atoms with E-state index >= 15 is 0 Å². The molecule has 15 heavy (non-hydrogen) atoms. The van der Waals surface area contributed by atoms with Crippen LogP contribution in [-0.2, 0) is 9.84 Å². The SMILES string of the molecule is CCC(C)NCC(C)S(=O)(=O)CC(C)C. The lowest BCUT2D eigenvalue weighted by Crippen LogP contribution is -2.37. The van der Waals surface area contributed by atoms with Crippen LogP contribution in [0, 0.1) is 5.92 Å². The number of hydrogen-bond acceptors (Lipinski definition) is 3. The second kappa shape index (κ2) is 6.48. The van der Waals surface area contributed by atoms with Crippen LogP contribution in [-0.4, -0.2) is 32.0 Å². The topological polar surface area (TPSA) is 46.2 Å². The second-order valence-electron chi connectivity index (χ2n) is 4.75. The average Bonchev–Trinajstić information content (AvgIpc) is 2.11. The molecule has 0 radical (unpaired) electrons. The van der Waals surface area contributed by atoms with Crippen molar-refractivity contribution in [2.45, 2.75) is 52.3 Å². The lowest BCUT2D eigenvalue weighted by molar-refractivity contribution is 0.517. The molecule has 0 saturated carbocycles. The van der Waals surface area contributed by atoms with Gasteiger partial charge in [-0.25, -0.2) is 8.42 Å². The molecule has 0 saturated heterocycles. The zero-order chi connectivity index (χ0) is 12.1. The third-order valence-corrected chi connectivity index (χ3v) is 5.07. The molecule has 0 heterocycles. The lowest BCUT2D eigenvalue weighted by Gasteiger charge is -2.18. The van der Waals surface area contributed by atoms with Crippen LogP contribution in [0.15, 0.2) is 0 Å². The van der Waals surface area contributed by atoms with Crippen LogP contribution in [0.25, 0.3) is 0 Å². The minimum absolute atomic E-state index is 0.209. The summed E-state index contributed by atoms with van der Waals surface area (Å²) in [5.41, 5.74) is 0. The van der Waals surface area contributed by atoms with Crippen molar-refractivity contribution in [3.8, 4) is 0 Å². The lowest BCUT2D eigenvalue weighted by atomic mass is 10.2. The Hall–Kier alpha value is -0.0900. The van der Waals surface area contributed by atoms with Crippen molar-refractivity contribution in [1.29, 1.82) is 0 Å². The van der Waals surface area contributed by atoms with Crippen molar-refractivity contribution >= 4 is 9.84 Å². The molecule has 0 bridgehead atoms. The Morgan fingerprint density at radius 3 is 2.07 bits per heavy atom.